The molecule has 3 aromatic carbocycles. The van der Waals surface area contributed by atoms with Crippen LogP contribution in [-0.4, -0.2) is 9.79 Å². The van der Waals surface area contributed by atoms with Gasteiger partial charge in [0, 0.05) is 4.57 Å². The fraction of sp³-hybridized carbons (Fsp3) is 0. The molecule has 3 nitrogen and oxygen atoms in total. The van der Waals surface area contributed by atoms with Crippen LogP contribution >= 0.6 is 8.25 Å². The third kappa shape index (κ3) is 4.61. The van der Waals surface area contributed by atoms with Gasteiger partial charge in [0.15, 0.2) is 0 Å². The Morgan fingerprint density at radius 3 is 1.14 bits per heavy atom. The first-order valence-electron chi connectivity index (χ1n) is 6.73. The van der Waals surface area contributed by atoms with E-state index < -0.39 is 8.25 Å². The van der Waals surface area contributed by atoms with Gasteiger partial charge in [-0.05, 0) is 22.3 Å². The van der Waals surface area contributed by atoms with Crippen LogP contribution in [0.2, 0.25) is 0 Å². The van der Waals surface area contributed by atoms with Gasteiger partial charge in [-0.15, -0.1) is 9.79 Å². The largest absolute Gasteiger partial charge is 0.692 e. The van der Waals surface area contributed by atoms with Crippen LogP contribution in [0.4, 0.5) is 0 Å². The fourth-order valence-electron chi connectivity index (χ4n) is 2.22. The molecule has 0 bridgehead atoms. The minimum atomic E-state index is -2.87. The molecule has 0 atom stereocenters. The lowest BCUT2D eigenvalue weighted by Crippen LogP contribution is -1.83. The van der Waals surface area contributed by atoms with Crippen LogP contribution in [0.3, 0.4) is 0 Å². The SMILES string of the molecule is O=[P+](O)O.c1ccc(-c2ccccc2-c2ccccc2)cc1. The average molecular weight is 311 g/mol. The van der Waals surface area contributed by atoms with Gasteiger partial charge in [0.2, 0.25) is 0 Å². The predicted molar refractivity (Wildman–Crippen MR) is 89.4 cm³/mol. The molecular weight excluding hydrogens is 295 g/mol. The minimum Gasteiger partial charge on any atom is -0.134 e. The summed E-state index contributed by atoms with van der Waals surface area (Å²) in [7, 11) is -2.87. The molecule has 0 aliphatic rings. The summed E-state index contributed by atoms with van der Waals surface area (Å²) in [5, 5.41) is 0. The van der Waals surface area contributed by atoms with Crippen molar-refractivity contribution >= 4 is 8.25 Å². The van der Waals surface area contributed by atoms with Gasteiger partial charge in [0.05, 0.1) is 0 Å². The highest BCUT2D eigenvalue weighted by Crippen LogP contribution is 2.31. The van der Waals surface area contributed by atoms with Gasteiger partial charge < -0.3 is 0 Å². The van der Waals surface area contributed by atoms with Crippen molar-refractivity contribution in [3.8, 4) is 22.3 Å². The molecule has 0 saturated heterocycles. The summed E-state index contributed by atoms with van der Waals surface area (Å²) in [5.74, 6) is 0. The summed E-state index contributed by atoms with van der Waals surface area (Å²) in [5.41, 5.74) is 5.09. The van der Waals surface area contributed by atoms with Crippen LogP contribution in [0, 0.1) is 0 Å². The molecule has 0 spiro atoms. The fourth-order valence-corrected chi connectivity index (χ4v) is 2.22. The van der Waals surface area contributed by atoms with Crippen molar-refractivity contribution in [3.05, 3.63) is 84.9 Å². The van der Waals surface area contributed by atoms with Crippen molar-refractivity contribution in [2.75, 3.05) is 0 Å². The second-order valence-corrected chi connectivity index (χ2v) is 5.04. The van der Waals surface area contributed by atoms with Crippen molar-refractivity contribution in [3.63, 3.8) is 0 Å². The Balaban J connectivity index is 0.000000396. The minimum absolute atomic E-state index is 1.26. The van der Waals surface area contributed by atoms with E-state index in [1.54, 1.807) is 0 Å². The quantitative estimate of drug-likeness (QED) is 0.677. The molecule has 0 aliphatic heterocycles. The summed E-state index contributed by atoms with van der Waals surface area (Å²) < 4.78 is 8.70. The zero-order valence-corrected chi connectivity index (χ0v) is 12.7. The standard InChI is InChI=1S/C18H14.HO3P/c1-3-9-15(10-4-1)17-13-7-8-14-18(17)16-11-5-2-6-12-16;1-4(2)3/h1-14H;(H-,1,2,3)/p+1. The number of rotatable bonds is 2. The van der Waals surface area contributed by atoms with E-state index in [9.17, 15) is 0 Å². The first-order valence-corrected chi connectivity index (χ1v) is 7.90. The van der Waals surface area contributed by atoms with Crippen molar-refractivity contribution in [2.45, 2.75) is 0 Å². The van der Waals surface area contributed by atoms with Crippen molar-refractivity contribution in [2.24, 2.45) is 0 Å². The van der Waals surface area contributed by atoms with E-state index >= 15 is 0 Å². The Hall–Kier alpha value is -2.32. The maximum Gasteiger partial charge on any atom is 0.692 e. The van der Waals surface area contributed by atoms with Gasteiger partial charge in [-0.2, -0.15) is 0 Å². The van der Waals surface area contributed by atoms with E-state index in [1.165, 1.54) is 22.3 Å². The van der Waals surface area contributed by atoms with E-state index in [0.717, 1.165) is 0 Å². The third-order valence-corrected chi connectivity index (χ3v) is 3.10. The Morgan fingerprint density at radius 1 is 0.545 bits per heavy atom. The Bertz CT molecular complexity index is 665. The molecule has 0 fully saturated rings. The number of hydrogen-bond acceptors (Lipinski definition) is 1. The molecule has 2 N–H and O–H groups in total. The highest BCUT2D eigenvalue weighted by atomic mass is 31.1. The molecule has 0 heterocycles. The Labute approximate surface area is 130 Å². The summed E-state index contributed by atoms with van der Waals surface area (Å²) in [6, 6.07) is 29.6. The zero-order valence-electron chi connectivity index (χ0n) is 11.8. The van der Waals surface area contributed by atoms with Gasteiger partial charge in [-0.25, -0.2) is 0 Å². The summed E-state index contributed by atoms with van der Waals surface area (Å²) in [6.45, 7) is 0. The van der Waals surface area contributed by atoms with Gasteiger partial charge in [0.25, 0.3) is 0 Å². The second-order valence-electron chi connectivity index (χ2n) is 4.53. The monoisotopic (exact) mass is 311 g/mol. The molecule has 0 amide bonds. The van der Waals surface area contributed by atoms with Gasteiger partial charge in [-0.1, -0.05) is 84.9 Å². The predicted octanol–water partition coefficient (Wildman–Crippen LogP) is 4.65. The van der Waals surface area contributed by atoms with Gasteiger partial charge >= 0.3 is 8.25 Å². The van der Waals surface area contributed by atoms with Crippen LogP contribution in [-0.2, 0) is 4.57 Å². The molecule has 0 radical (unpaired) electrons. The van der Waals surface area contributed by atoms with E-state index in [0.29, 0.717) is 0 Å². The molecule has 0 saturated carbocycles. The zero-order chi connectivity index (χ0) is 15.8. The van der Waals surface area contributed by atoms with Crippen LogP contribution in [0.5, 0.6) is 0 Å². The van der Waals surface area contributed by atoms with Crippen LogP contribution in [0.15, 0.2) is 84.9 Å². The molecular formula is C18H16O3P+. The number of hydrogen-bond donors (Lipinski definition) is 2. The lowest BCUT2D eigenvalue weighted by Gasteiger charge is -2.09. The van der Waals surface area contributed by atoms with E-state index in [-0.39, 0.29) is 0 Å². The summed E-state index contributed by atoms with van der Waals surface area (Å²) in [6.07, 6.45) is 0. The highest BCUT2D eigenvalue weighted by Gasteiger charge is 2.05. The average Bonchev–Trinajstić information content (AvgIpc) is 2.56. The van der Waals surface area contributed by atoms with Crippen LogP contribution < -0.4 is 0 Å². The molecule has 22 heavy (non-hydrogen) atoms. The molecule has 0 unspecified atom stereocenters. The second kappa shape index (κ2) is 8.20. The third-order valence-electron chi connectivity index (χ3n) is 3.10. The molecule has 110 valence electrons. The van der Waals surface area contributed by atoms with Crippen molar-refractivity contribution in [1.29, 1.82) is 0 Å². The maximum absolute atomic E-state index is 8.70. The van der Waals surface area contributed by atoms with Gasteiger partial charge in [0.1, 0.15) is 0 Å². The first kappa shape index (κ1) is 16.1. The number of benzene rings is 3. The molecule has 3 rings (SSSR count). The van der Waals surface area contributed by atoms with E-state index in [4.69, 9.17) is 14.4 Å². The highest BCUT2D eigenvalue weighted by molar-refractivity contribution is 7.30. The molecule has 3 aromatic rings. The lowest BCUT2D eigenvalue weighted by molar-refractivity contribution is 0.405. The smallest absolute Gasteiger partial charge is 0.134 e. The topological polar surface area (TPSA) is 57.5 Å². The van der Waals surface area contributed by atoms with Crippen molar-refractivity contribution < 1.29 is 14.4 Å². The van der Waals surface area contributed by atoms with Gasteiger partial charge in [-0.3, -0.25) is 0 Å². The molecule has 0 aromatic heterocycles. The van der Waals surface area contributed by atoms with Crippen LogP contribution in [0.1, 0.15) is 0 Å². The van der Waals surface area contributed by atoms with Crippen LogP contribution in [0.25, 0.3) is 22.3 Å². The summed E-state index contributed by atoms with van der Waals surface area (Å²) in [4.78, 5) is 14.2. The maximum atomic E-state index is 8.70. The Morgan fingerprint density at radius 2 is 0.818 bits per heavy atom. The molecule has 4 heteroatoms. The van der Waals surface area contributed by atoms with E-state index in [1.807, 2.05) is 0 Å². The summed E-state index contributed by atoms with van der Waals surface area (Å²) >= 11 is 0. The van der Waals surface area contributed by atoms with Crippen molar-refractivity contribution in [1.82, 2.24) is 0 Å². The van der Waals surface area contributed by atoms with E-state index in [2.05, 4.69) is 84.9 Å². The first-order chi connectivity index (χ1) is 10.7. The normalized spacial score (nSPS) is 9.55. The molecule has 0 aliphatic carbocycles. The lowest BCUT2D eigenvalue weighted by atomic mass is 9.95. The Kier molecular flexibility index (Phi) is 5.99.